The molecule has 0 radical (unpaired) electrons. The molecule has 2 aromatic carbocycles. The number of anilines is 1. The minimum absolute atomic E-state index is 0.469. The van der Waals surface area contributed by atoms with Gasteiger partial charge in [-0.1, -0.05) is 42.5 Å². The first kappa shape index (κ1) is 18.7. The zero-order valence-electron chi connectivity index (χ0n) is 16.1. The molecule has 4 rings (SSSR count). The van der Waals surface area contributed by atoms with E-state index < -0.39 is 11.9 Å². The summed E-state index contributed by atoms with van der Waals surface area (Å²) < 4.78 is 1.81. The van der Waals surface area contributed by atoms with Crippen LogP contribution >= 0.6 is 0 Å². The quantitative estimate of drug-likeness (QED) is 0.501. The van der Waals surface area contributed by atoms with Crippen molar-refractivity contribution in [3.63, 3.8) is 0 Å². The molecule has 0 saturated heterocycles. The van der Waals surface area contributed by atoms with Crippen molar-refractivity contribution in [2.75, 3.05) is 5.32 Å². The van der Waals surface area contributed by atoms with Crippen molar-refractivity contribution in [2.45, 2.75) is 25.8 Å². The maximum Gasteiger partial charge on any atom is 0.311 e. The molecule has 29 heavy (non-hydrogen) atoms. The van der Waals surface area contributed by atoms with Gasteiger partial charge in [0.15, 0.2) is 5.65 Å². The van der Waals surface area contributed by atoms with E-state index in [-0.39, 0.29) is 0 Å². The molecule has 1 atom stereocenters. The summed E-state index contributed by atoms with van der Waals surface area (Å²) in [6.07, 6.45) is 2.20. The normalized spacial score (nSPS) is 12.0. The van der Waals surface area contributed by atoms with E-state index >= 15 is 0 Å². The lowest BCUT2D eigenvalue weighted by atomic mass is 9.92. The first-order chi connectivity index (χ1) is 14.1. The second-order valence-corrected chi connectivity index (χ2v) is 7.05. The minimum atomic E-state index is -0.817. The number of aryl methyl sites for hydroxylation is 1. The van der Waals surface area contributed by atoms with Gasteiger partial charge < -0.3 is 10.4 Å². The molecule has 0 fully saturated rings. The first-order valence-electron chi connectivity index (χ1n) is 9.51. The molecule has 0 aliphatic rings. The number of hydrogen-bond acceptors (Lipinski definition) is 4. The van der Waals surface area contributed by atoms with Crippen molar-refractivity contribution < 1.29 is 9.90 Å². The van der Waals surface area contributed by atoms with Gasteiger partial charge in [0.2, 0.25) is 0 Å². The van der Waals surface area contributed by atoms with Gasteiger partial charge in [0, 0.05) is 17.4 Å². The highest BCUT2D eigenvalue weighted by Gasteiger charge is 2.20. The second-order valence-electron chi connectivity index (χ2n) is 7.05. The fourth-order valence-corrected chi connectivity index (χ4v) is 3.47. The number of carboxylic acids is 1. The van der Waals surface area contributed by atoms with Gasteiger partial charge in [0.1, 0.15) is 0 Å². The Morgan fingerprint density at radius 2 is 1.86 bits per heavy atom. The molecule has 0 aliphatic carbocycles. The molecule has 0 amide bonds. The summed E-state index contributed by atoms with van der Waals surface area (Å²) in [6, 6.07) is 21.2. The number of fused-ring (bicyclic) bond motifs is 1. The molecule has 2 N–H and O–H groups in total. The Kier molecular flexibility index (Phi) is 5.24. The van der Waals surface area contributed by atoms with Crippen LogP contribution in [0.1, 0.15) is 28.4 Å². The van der Waals surface area contributed by atoms with Crippen molar-refractivity contribution in [1.29, 1.82) is 0 Å². The van der Waals surface area contributed by atoms with Crippen molar-refractivity contribution >= 4 is 17.3 Å². The lowest BCUT2D eigenvalue weighted by molar-refractivity contribution is -0.138. The van der Waals surface area contributed by atoms with Crippen LogP contribution in [0.4, 0.5) is 5.69 Å². The van der Waals surface area contributed by atoms with Crippen LogP contribution in [0, 0.1) is 6.92 Å². The largest absolute Gasteiger partial charge is 0.481 e. The molecule has 0 spiro atoms. The Bertz CT molecular complexity index is 1120. The van der Waals surface area contributed by atoms with E-state index in [1.54, 1.807) is 6.20 Å². The monoisotopic (exact) mass is 386 g/mol. The summed E-state index contributed by atoms with van der Waals surface area (Å²) >= 11 is 0. The number of aromatic nitrogens is 3. The Morgan fingerprint density at radius 1 is 1.10 bits per heavy atom. The zero-order chi connectivity index (χ0) is 20.2. The average molecular weight is 386 g/mol. The number of carboxylic acid groups (broad SMARTS) is 1. The summed E-state index contributed by atoms with van der Waals surface area (Å²) in [7, 11) is 0. The van der Waals surface area contributed by atoms with Crippen molar-refractivity contribution in [3.05, 3.63) is 95.4 Å². The topological polar surface area (TPSA) is 79.5 Å². The van der Waals surface area contributed by atoms with Gasteiger partial charge in [-0.05, 0) is 42.7 Å². The van der Waals surface area contributed by atoms with Gasteiger partial charge in [0.05, 0.1) is 24.4 Å². The SMILES string of the molecule is Cc1cc(CNc2ccc(C(Cc3ccccc3)C(=O)O)cc2)n2nccc2n1. The van der Waals surface area contributed by atoms with E-state index in [1.165, 1.54) is 0 Å². The van der Waals surface area contributed by atoms with Gasteiger partial charge >= 0.3 is 5.97 Å². The molecular weight excluding hydrogens is 364 g/mol. The Labute approximate surface area is 168 Å². The summed E-state index contributed by atoms with van der Waals surface area (Å²) in [5.74, 6) is -1.39. The molecule has 6 heteroatoms. The van der Waals surface area contributed by atoms with Gasteiger partial charge in [0.25, 0.3) is 0 Å². The number of hydrogen-bond donors (Lipinski definition) is 2. The molecular formula is C23H22N4O2. The molecule has 4 aromatic rings. The highest BCUT2D eigenvalue weighted by Crippen LogP contribution is 2.23. The van der Waals surface area contributed by atoms with E-state index in [9.17, 15) is 9.90 Å². The minimum Gasteiger partial charge on any atom is -0.481 e. The third-order valence-electron chi connectivity index (χ3n) is 4.93. The van der Waals surface area contributed by atoms with E-state index in [2.05, 4.69) is 15.4 Å². The number of aliphatic carboxylic acids is 1. The van der Waals surface area contributed by atoms with Gasteiger partial charge in [-0.25, -0.2) is 9.50 Å². The molecule has 1 unspecified atom stereocenters. The van der Waals surface area contributed by atoms with Crippen LogP contribution < -0.4 is 5.32 Å². The van der Waals surface area contributed by atoms with Crippen LogP contribution in [-0.2, 0) is 17.8 Å². The molecule has 2 aromatic heterocycles. The number of nitrogens with one attached hydrogen (secondary N) is 1. The molecule has 146 valence electrons. The van der Waals surface area contributed by atoms with E-state index in [0.717, 1.165) is 33.8 Å². The van der Waals surface area contributed by atoms with E-state index in [0.29, 0.717) is 13.0 Å². The molecule has 6 nitrogen and oxygen atoms in total. The van der Waals surface area contributed by atoms with Crippen LogP contribution in [0.25, 0.3) is 5.65 Å². The Hall–Kier alpha value is -3.67. The fourth-order valence-electron chi connectivity index (χ4n) is 3.47. The highest BCUT2D eigenvalue weighted by molar-refractivity contribution is 5.76. The third-order valence-corrected chi connectivity index (χ3v) is 4.93. The maximum atomic E-state index is 11.8. The van der Waals surface area contributed by atoms with Crippen LogP contribution in [0.2, 0.25) is 0 Å². The molecule has 0 bridgehead atoms. The third kappa shape index (κ3) is 4.27. The van der Waals surface area contributed by atoms with Crippen molar-refractivity contribution in [1.82, 2.24) is 14.6 Å². The van der Waals surface area contributed by atoms with Gasteiger partial charge in [-0.15, -0.1) is 0 Å². The Morgan fingerprint density at radius 3 is 2.59 bits per heavy atom. The van der Waals surface area contributed by atoms with Crippen LogP contribution in [0.3, 0.4) is 0 Å². The van der Waals surface area contributed by atoms with Crippen molar-refractivity contribution in [2.24, 2.45) is 0 Å². The highest BCUT2D eigenvalue weighted by atomic mass is 16.4. The van der Waals surface area contributed by atoms with Crippen LogP contribution in [-0.4, -0.2) is 25.7 Å². The van der Waals surface area contributed by atoms with Gasteiger partial charge in [-0.3, -0.25) is 4.79 Å². The molecule has 2 heterocycles. The molecule has 0 aliphatic heterocycles. The lowest BCUT2D eigenvalue weighted by Crippen LogP contribution is -2.14. The summed E-state index contributed by atoms with van der Waals surface area (Å²) in [6.45, 7) is 2.55. The maximum absolute atomic E-state index is 11.8. The number of rotatable bonds is 7. The lowest BCUT2D eigenvalue weighted by Gasteiger charge is -2.14. The smallest absolute Gasteiger partial charge is 0.311 e. The van der Waals surface area contributed by atoms with Gasteiger partial charge in [-0.2, -0.15) is 5.10 Å². The van der Waals surface area contributed by atoms with E-state index in [4.69, 9.17) is 0 Å². The number of nitrogens with zero attached hydrogens (tertiary/aromatic N) is 3. The average Bonchev–Trinajstić information content (AvgIpc) is 3.20. The number of carbonyl (C=O) groups is 1. The molecule has 0 saturated carbocycles. The van der Waals surface area contributed by atoms with E-state index in [1.807, 2.05) is 78.2 Å². The summed E-state index contributed by atoms with van der Waals surface area (Å²) in [5, 5.41) is 17.4. The van der Waals surface area contributed by atoms with Crippen LogP contribution in [0.15, 0.2) is 72.9 Å². The van der Waals surface area contributed by atoms with Crippen molar-refractivity contribution in [3.8, 4) is 0 Å². The zero-order valence-corrected chi connectivity index (χ0v) is 16.1. The summed E-state index contributed by atoms with van der Waals surface area (Å²) in [5.41, 5.74) is 5.50. The standard InChI is InChI=1S/C23H22N4O2/c1-16-13-20(27-22(26-16)11-12-25-27)15-24-19-9-7-18(8-10-19)21(23(28)29)14-17-5-3-2-4-6-17/h2-13,21,24H,14-15H2,1H3,(H,28,29). The second kappa shape index (κ2) is 8.14. The summed E-state index contributed by atoms with van der Waals surface area (Å²) in [4.78, 5) is 16.2. The fraction of sp³-hybridized carbons (Fsp3) is 0.174. The predicted molar refractivity (Wildman–Crippen MR) is 112 cm³/mol. The number of benzene rings is 2. The predicted octanol–water partition coefficient (Wildman–Crippen LogP) is 4.06. The first-order valence-corrected chi connectivity index (χ1v) is 9.51. The Balaban J connectivity index is 1.48. The van der Waals surface area contributed by atoms with Crippen LogP contribution in [0.5, 0.6) is 0 Å².